The predicted molar refractivity (Wildman–Crippen MR) is 110 cm³/mol. The first-order chi connectivity index (χ1) is 13.9. The van der Waals surface area contributed by atoms with Gasteiger partial charge >= 0.3 is 6.18 Å². The minimum atomic E-state index is -4.77. The molecule has 0 N–H and O–H groups in total. The molecule has 0 saturated carbocycles. The standard InChI is InChI=1S/C20H18Cl2F3N3O2/c1-12(29)27(2)28(3)17-6-4-5-13(7-17)18-11-19(30-26-18,20(23,24)25)14-8-15(21)10-16(22)9-14/h4-10H,11H2,1-3H3. The second-order valence-electron chi connectivity index (χ2n) is 6.91. The van der Waals surface area contributed by atoms with Crippen LogP contribution in [0, 0.1) is 0 Å². The van der Waals surface area contributed by atoms with Gasteiger partial charge in [0.05, 0.1) is 11.4 Å². The first-order valence-electron chi connectivity index (χ1n) is 8.81. The molecule has 1 aliphatic rings. The number of rotatable bonds is 4. The number of alkyl halides is 3. The maximum Gasteiger partial charge on any atom is 0.435 e. The monoisotopic (exact) mass is 459 g/mol. The molecule has 0 aliphatic carbocycles. The molecule has 0 fully saturated rings. The number of benzene rings is 2. The van der Waals surface area contributed by atoms with Gasteiger partial charge in [0.1, 0.15) is 0 Å². The van der Waals surface area contributed by atoms with Gasteiger partial charge in [0.15, 0.2) is 0 Å². The van der Waals surface area contributed by atoms with Crippen LogP contribution in [-0.4, -0.2) is 36.9 Å². The third-order valence-electron chi connectivity index (χ3n) is 4.97. The molecule has 1 heterocycles. The summed E-state index contributed by atoms with van der Waals surface area (Å²) < 4.78 is 42.4. The maximum absolute atomic E-state index is 14.1. The summed E-state index contributed by atoms with van der Waals surface area (Å²) >= 11 is 11.8. The Hall–Kier alpha value is -2.45. The van der Waals surface area contributed by atoms with Gasteiger partial charge in [0.25, 0.3) is 5.60 Å². The summed E-state index contributed by atoms with van der Waals surface area (Å²) in [6.45, 7) is 1.41. The van der Waals surface area contributed by atoms with Crippen LogP contribution in [-0.2, 0) is 15.2 Å². The van der Waals surface area contributed by atoms with Crippen LogP contribution in [0.5, 0.6) is 0 Å². The minimum Gasteiger partial charge on any atom is -0.374 e. The molecule has 1 amide bonds. The summed E-state index contributed by atoms with van der Waals surface area (Å²) in [6.07, 6.45) is -5.32. The fraction of sp³-hybridized carbons (Fsp3) is 0.300. The molecule has 2 aromatic carbocycles. The molecular weight excluding hydrogens is 442 g/mol. The molecule has 30 heavy (non-hydrogen) atoms. The molecule has 10 heteroatoms. The van der Waals surface area contributed by atoms with Crippen molar-refractivity contribution in [2.75, 3.05) is 19.1 Å². The molecule has 3 rings (SSSR count). The summed E-state index contributed by atoms with van der Waals surface area (Å²) in [4.78, 5) is 16.6. The Morgan fingerprint density at radius 3 is 2.33 bits per heavy atom. The van der Waals surface area contributed by atoms with E-state index in [-0.39, 0.29) is 27.2 Å². The molecule has 0 radical (unpaired) electrons. The Bertz CT molecular complexity index is 993. The van der Waals surface area contributed by atoms with Crippen molar-refractivity contribution in [2.24, 2.45) is 5.16 Å². The Kier molecular flexibility index (Phi) is 5.93. The van der Waals surface area contributed by atoms with E-state index in [1.807, 2.05) is 0 Å². The Morgan fingerprint density at radius 1 is 1.13 bits per heavy atom. The van der Waals surface area contributed by atoms with E-state index in [0.29, 0.717) is 11.3 Å². The number of hydrogen-bond donors (Lipinski definition) is 0. The van der Waals surface area contributed by atoms with E-state index in [1.54, 1.807) is 43.4 Å². The van der Waals surface area contributed by atoms with Crippen LogP contribution < -0.4 is 5.01 Å². The largest absolute Gasteiger partial charge is 0.435 e. The molecule has 0 saturated heterocycles. The molecule has 5 nitrogen and oxygen atoms in total. The zero-order valence-electron chi connectivity index (χ0n) is 16.3. The molecule has 160 valence electrons. The van der Waals surface area contributed by atoms with E-state index < -0.39 is 18.2 Å². The second kappa shape index (κ2) is 8.00. The van der Waals surface area contributed by atoms with Gasteiger partial charge < -0.3 is 4.84 Å². The fourth-order valence-electron chi connectivity index (χ4n) is 3.12. The van der Waals surface area contributed by atoms with Gasteiger partial charge in [-0.3, -0.25) is 14.8 Å². The number of anilines is 1. The van der Waals surface area contributed by atoms with Crippen molar-refractivity contribution in [3.63, 3.8) is 0 Å². The summed E-state index contributed by atoms with van der Waals surface area (Å²) in [6, 6.07) is 10.4. The van der Waals surface area contributed by atoms with Crippen LogP contribution in [0.25, 0.3) is 0 Å². The van der Waals surface area contributed by atoms with Crippen molar-refractivity contribution >= 4 is 40.5 Å². The lowest BCUT2D eigenvalue weighted by Gasteiger charge is -2.30. The van der Waals surface area contributed by atoms with Crippen LogP contribution in [0.15, 0.2) is 47.6 Å². The Morgan fingerprint density at radius 2 is 1.77 bits per heavy atom. The van der Waals surface area contributed by atoms with E-state index in [1.165, 1.54) is 30.1 Å². The van der Waals surface area contributed by atoms with Crippen molar-refractivity contribution in [1.29, 1.82) is 0 Å². The number of amides is 1. The molecule has 1 atom stereocenters. The lowest BCUT2D eigenvalue weighted by Crippen LogP contribution is -2.42. The average molecular weight is 460 g/mol. The third kappa shape index (κ3) is 4.06. The van der Waals surface area contributed by atoms with Gasteiger partial charge in [-0.05, 0) is 30.3 Å². The van der Waals surface area contributed by atoms with E-state index in [2.05, 4.69) is 5.16 Å². The molecule has 0 spiro atoms. The Labute approximate surface area is 181 Å². The predicted octanol–water partition coefficient (Wildman–Crippen LogP) is 5.41. The molecule has 2 aromatic rings. The van der Waals surface area contributed by atoms with Gasteiger partial charge in [-0.15, -0.1) is 0 Å². The van der Waals surface area contributed by atoms with Gasteiger partial charge in [-0.1, -0.05) is 40.5 Å². The molecule has 1 unspecified atom stereocenters. The highest BCUT2D eigenvalue weighted by atomic mass is 35.5. The maximum atomic E-state index is 14.1. The topological polar surface area (TPSA) is 45.1 Å². The first-order valence-corrected chi connectivity index (χ1v) is 9.57. The lowest BCUT2D eigenvalue weighted by atomic mass is 9.86. The number of nitrogens with zero attached hydrogens (tertiary/aromatic N) is 3. The van der Waals surface area contributed by atoms with Crippen molar-refractivity contribution in [3.05, 3.63) is 63.6 Å². The molecule has 1 aliphatic heterocycles. The minimum absolute atomic E-state index is 0.0640. The quantitative estimate of drug-likeness (QED) is 0.574. The smallest absolute Gasteiger partial charge is 0.374 e. The SMILES string of the molecule is CC(=O)N(C)N(C)c1cccc(C2=NOC(c3cc(Cl)cc(Cl)c3)(C(F)(F)F)C2)c1. The van der Waals surface area contributed by atoms with E-state index >= 15 is 0 Å². The van der Waals surface area contributed by atoms with E-state index in [0.717, 1.165) is 0 Å². The third-order valence-corrected chi connectivity index (χ3v) is 5.41. The number of hydrogen-bond acceptors (Lipinski definition) is 4. The Balaban J connectivity index is 1.97. The van der Waals surface area contributed by atoms with Crippen LogP contribution in [0.3, 0.4) is 0 Å². The first kappa shape index (κ1) is 22.2. The highest BCUT2D eigenvalue weighted by Gasteiger charge is 2.62. The number of carbonyl (C=O) groups excluding carboxylic acids is 1. The summed E-state index contributed by atoms with van der Waals surface area (Å²) in [5, 5.41) is 6.84. The van der Waals surface area contributed by atoms with Gasteiger partial charge in [0, 0.05) is 48.6 Å². The fourth-order valence-corrected chi connectivity index (χ4v) is 3.64. The lowest BCUT2D eigenvalue weighted by molar-refractivity contribution is -0.275. The van der Waals surface area contributed by atoms with Gasteiger partial charge in [0.2, 0.25) is 5.91 Å². The normalized spacial score (nSPS) is 18.6. The van der Waals surface area contributed by atoms with Crippen LogP contribution in [0.4, 0.5) is 18.9 Å². The summed E-state index contributed by atoms with van der Waals surface area (Å²) in [5.41, 5.74) is -1.77. The van der Waals surface area contributed by atoms with Crippen molar-refractivity contribution < 1.29 is 22.8 Å². The summed E-state index contributed by atoms with van der Waals surface area (Å²) in [5.74, 6) is -0.196. The van der Waals surface area contributed by atoms with Gasteiger partial charge in [-0.25, -0.2) is 0 Å². The van der Waals surface area contributed by atoms with Crippen LogP contribution in [0.1, 0.15) is 24.5 Å². The van der Waals surface area contributed by atoms with Crippen molar-refractivity contribution in [2.45, 2.75) is 25.1 Å². The number of hydrazine groups is 1. The number of oxime groups is 1. The van der Waals surface area contributed by atoms with Gasteiger partial charge in [-0.2, -0.15) is 13.2 Å². The van der Waals surface area contributed by atoms with E-state index in [9.17, 15) is 18.0 Å². The summed E-state index contributed by atoms with van der Waals surface area (Å²) in [7, 11) is 3.25. The number of halogens is 5. The zero-order valence-corrected chi connectivity index (χ0v) is 17.8. The van der Waals surface area contributed by atoms with E-state index in [4.69, 9.17) is 28.0 Å². The molecule has 0 bridgehead atoms. The number of carbonyl (C=O) groups is 1. The zero-order chi connectivity index (χ0) is 22.3. The van der Waals surface area contributed by atoms with Crippen molar-refractivity contribution in [1.82, 2.24) is 5.01 Å². The van der Waals surface area contributed by atoms with Crippen molar-refractivity contribution in [3.8, 4) is 0 Å². The van der Waals surface area contributed by atoms with Crippen LogP contribution >= 0.6 is 23.2 Å². The highest BCUT2D eigenvalue weighted by Crippen LogP contribution is 2.49. The second-order valence-corrected chi connectivity index (χ2v) is 7.78. The van der Waals surface area contributed by atoms with Crippen LogP contribution in [0.2, 0.25) is 10.0 Å². The highest BCUT2D eigenvalue weighted by molar-refractivity contribution is 6.34. The average Bonchev–Trinajstić information content (AvgIpc) is 3.13. The molecule has 0 aromatic heterocycles. The molecular formula is C20H18Cl2F3N3O2.